The van der Waals surface area contributed by atoms with Gasteiger partial charge in [-0.1, -0.05) is 12.2 Å². The highest BCUT2D eigenvalue weighted by molar-refractivity contribution is 6.25. The number of hydrogen-bond acceptors (Lipinski definition) is 5. The number of halogens is 1. The van der Waals surface area contributed by atoms with E-state index >= 15 is 4.39 Å². The molecule has 0 aromatic heterocycles. The molecule has 0 radical (unpaired) electrons. The number of carbonyl (C=O) groups excluding carboxylic acids is 1. The van der Waals surface area contributed by atoms with E-state index in [9.17, 15) is 14.7 Å². The summed E-state index contributed by atoms with van der Waals surface area (Å²) in [5, 5.41) is 9.24. The second-order valence-electron chi connectivity index (χ2n) is 7.04. The number of Topliss-reactive ketones (excluding diaryl/α,β-unsaturated/α-hetero) is 1. The van der Waals surface area contributed by atoms with Crippen LogP contribution in [0.15, 0.2) is 58.6 Å². The van der Waals surface area contributed by atoms with Gasteiger partial charge >= 0.3 is 5.97 Å². The zero-order valence-corrected chi connectivity index (χ0v) is 13.9. The highest BCUT2D eigenvalue weighted by Crippen LogP contribution is 2.46. The molecular weight excluding hydrogens is 339 g/mol. The Labute approximate surface area is 149 Å². The van der Waals surface area contributed by atoms with Crippen LogP contribution in [-0.4, -0.2) is 52.3 Å². The van der Waals surface area contributed by atoms with Crippen molar-refractivity contribution in [3.63, 3.8) is 0 Å². The molecule has 6 nitrogen and oxygen atoms in total. The van der Waals surface area contributed by atoms with Crippen molar-refractivity contribution in [2.24, 2.45) is 5.92 Å². The largest absolute Gasteiger partial charge is 0.478 e. The topological polar surface area (TPSA) is 70.1 Å². The molecule has 0 amide bonds. The SMILES string of the molecule is O=C(O)C1=CC2=C(OC3=C(F)C(N4CCCC4)=CC4C=CCN2C34)C1=O. The molecule has 0 saturated carbocycles. The molecule has 26 heavy (non-hydrogen) atoms. The molecule has 0 spiro atoms. The van der Waals surface area contributed by atoms with Crippen LogP contribution < -0.4 is 0 Å². The van der Waals surface area contributed by atoms with Gasteiger partial charge < -0.3 is 19.6 Å². The van der Waals surface area contributed by atoms with Crippen LogP contribution in [0.4, 0.5) is 4.39 Å². The van der Waals surface area contributed by atoms with Crippen molar-refractivity contribution in [1.29, 1.82) is 0 Å². The minimum Gasteiger partial charge on any atom is -0.478 e. The molecule has 0 aromatic carbocycles. The van der Waals surface area contributed by atoms with Crippen LogP contribution in [0.25, 0.3) is 0 Å². The van der Waals surface area contributed by atoms with Crippen LogP contribution >= 0.6 is 0 Å². The standard InChI is InChI=1S/C19H17FN2O4/c20-14-12(21-5-1-2-6-21)8-10-4-3-7-22-13-9-11(19(24)25)16(23)17(13)26-18(14)15(10)22/h3-4,8-10,15H,1-2,5-7H2,(H,24,25). The van der Waals surface area contributed by atoms with Crippen molar-refractivity contribution in [1.82, 2.24) is 9.80 Å². The fourth-order valence-corrected chi connectivity index (χ4v) is 4.38. The lowest BCUT2D eigenvalue weighted by atomic mass is 9.86. The van der Waals surface area contributed by atoms with Crippen molar-refractivity contribution < 1.29 is 23.8 Å². The molecule has 7 heteroatoms. The maximum atomic E-state index is 15.3. The van der Waals surface area contributed by atoms with Gasteiger partial charge in [-0.2, -0.15) is 0 Å². The highest BCUT2D eigenvalue weighted by atomic mass is 19.1. The van der Waals surface area contributed by atoms with Gasteiger partial charge in [-0.25, -0.2) is 9.18 Å². The van der Waals surface area contributed by atoms with Crippen molar-refractivity contribution >= 4 is 11.8 Å². The smallest absolute Gasteiger partial charge is 0.339 e. The lowest BCUT2D eigenvalue weighted by molar-refractivity contribution is -0.134. The Bertz CT molecular complexity index is 889. The van der Waals surface area contributed by atoms with Gasteiger partial charge in [0.1, 0.15) is 11.6 Å². The highest BCUT2D eigenvalue weighted by Gasteiger charge is 2.48. The Hall–Kier alpha value is -2.83. The molecule has 1 saturated heterocycles. The lowest BCUT2D eigenvalue weighted by Gasteiger charge is -2.45. The molecule has 2 atom stereocenters. The zero-order chi connectivity index (χ0) is 18.0. The fourth-order valence-electron chi connectivity index (χ4n) is 4.38. The van der Waals surface area contributed by atoms with E-state index in [-0.39, 0.29) is 29.1 Å². The summed E-state index contributed by atoms with van der Waals surface area (Å²) in [5.74, 6) is -2.49. The van der Waals surface area contributed by atoms with Crippen molar-refractivity contribution in [3.8, 4) is 0 Å². The molecule has 0 bridgehead atoms. The number of ether oxygens (including phenoxy) is 1. The minimum absolute atomic E-state index is 0.0829. The first-order valence-corrected chi connectivity index (χ1v) is 8.78. The predicted molar refractivity (Wildman–Crippen MR) is 89.0 cm³/mol. The number of carboxylic acid groups (broad SMARTS) is 1. The first kappa shape index (κ1) is 15.4. The average molecular weight is 356 g/mol. The lowest BCUT2D eigenvalue weighted by Crippen LogP contribution is -2.48. The zero-order valence-electron chi connectivity index (χ0n) is 13.9. The maximum absolute atomic E-state index is 15.3. The van der Waals surface area contributed by atoms with E-state index in [1.54, 1.807) is 0 Å². The number of carbonyl (C=O) groups is 2. The number of aliphatic carboxylic acids is 1. The Kier molecular flexibility index (Phi) is 3.16. The van der Waals surface area contributed by atoms with Gasteiger partial charge in [0.25, 0.3) is 0 Å². The van der Waals surface area contributed by atoms with Crippen LogP contribution in [0.2, 0.25) is 0 Å². The van der Waals surface area contributed by atoms with E-state index in [4.69, 9.17) is 4.74 Å². The van der Waals surface area contributed by atoms with Crippen LogP contribution in [0.5, 0.6) is 0 Å². The summed E-state index contributed by atoms with van der Waals surface area (Å²) < 4.78 is 21.0. The first-order valence-electron chi connectivity index (χ1n) is 8.78. The number of nitrogens with zero attached hydrogens (tertiary/aromatic N) is 2. The van der Waals surface area contributed by atoms with E-state index in [1.165, 1.54) is 6.08 Å². The minimum atomic E-state index is -1.30. The molecular formula is C19H17FN2O4. The normalized spacial score (nSPS) is 29.5. The summed E-state index contributed by atoms with van der Waals surface area (Å²) in [7, 11) is 0. The van der Waals surface area contributed by atoms with Gasteiger partial charge in [0, 0.05) is 25.6 Å². The van der Waals surface area contributed by atoms with E-state index in [2.05, 4.69) is 0 Å². The third kappa shape index (κ3) is 1.97. The second kappa shape index (κ2) is 5.33. The van der Waals surface area contributed by atoms with Gasteiger partial charge in [0.15, 0.2) is 17.3 Å². The molecule has 1 N–H and O–H groups in total. The molecule has 5 aliphatic rings. The van der Waals surface area contributed by atoms with Gasteiger partial charge in [0.2, 0.25) is 5.78 Å². The number of hydrogen-bond donors (Lipinski definition) is 1. The Morgan fingerprint density at radius 3 is 2.81 bits per heavy atom. The molecule has 2 unspecified atom stereocenters. The van der Waals surface area contributed by atoms with Crippen LogP contribution in [0.3, 0.4) is 0 Å². The number of rotatable bonds is 2. The van der Waals surface area contributed by atoms with E-state index < -0.39 is 17.6 Å². The summed E-state index contributed by atoms with van der Waals surface area (Å²) in [6, 6.07) is -0.387. The summed E-state index contributed by atoms with van der Waals surface area (Å²) >= 11 is 0. The summed E-state index contributed by atoms with van der Waals surface area (Å²) in [6.07, 6.45) is 9.30. The third-order valence-corrected chi connectivity index (χ3v) is 5.58. The summed E-state index contributed by atoms with van der Waals surface area (Å²) in [6.45, 7) is 2.08. The second-order valence-corrected chi connectivity index (χ2v) is 7.04. The van der Waals surface area contributed by atoms with E-state index in [0.717, 1.165) is 25.9 Å². The fraction of sp³-hybridized carbons (Fsp3) is 0.368. The van der Waals surface area contributed by atoms with Gasteiger partial charge in [-0.15, -0.1) is 0 Å². The van der Waals surface area contributed by atoms with E-state index in [0.29, 0.717) is 17.9 Å². The summed E-state index contributed by atoms with van der Waals surface area (Å²) in [5.41, 5.74) is 0.612. The molecule has 2 aliphatic carbocycles. The van der Waals surface area contributed by atoms with Crippen LogP contribution in [0.1, 0.15) is 12.8 Å². The summed E-state index contributed by atoms with van der Waals surface area (Å²) in [4.78, 5) is 27.6. The molecule has 3 aliphatic heterocycles. The predicted octanol–water partition coefficient (Wildman–Crippen LogP) is 1.85. The van der Waals surface area contributed by atoms with Crippen LogP contribution in [0, 0.1) is 5.92 Å². The first-order chi connectivity index (χ1) is 12.6. The number of carboxylic acids is 1. The molecule has 3 heterocycles. The number of ketones is 1. The molecule has 1 fully saturated rings. The maximum Gasteiger partial charge on any atom is 0.339 e. The van der Waals surface area contributed by atoms with Gasteiger partial charge in [-0.05, 0) is 25.0 Å². The van der Waals surface area contributed by atoms with Crippen LogP contribution in [-0.2, 0) is 14.3 Å². The van der Waals surface area contributed by atoms with Crippen molar-refractivity contribution in [2.45, 2.75) is 18.9 Å². The van der Waals surface area contributed by atoms with E-state index in [1.807, 2.05) is 28.0 Å². The van der Waals surface area contributed by atoms with Crippen molar-refractivity contribution in [3.05, 3.63) is 58.6 Å². The molecule has 134 valence electrons. The third-order valence-electron chi connectivity index (χ3n) is 5.58. The Balaban J connectivity index is 1.61. The Morgan fingerprint density at radius 1 is 1.31 bits per heavy atom. The molecule has 0 aromatic rings. The number of allylic oxidation sites excluding steroid dienone is 3. The number of likely N-dealkylation sites (tertiary alicyclic amines) is 1. The van der Waals surface area contributed by atoms with Crippen molar-refractivity contribution in [2.75, 3.05) is 19.6 Å². The van der Waals surface area contributed by atoms with Gasteiger partial charge in [-0.3, -0.25) is 4.79 Å². The Morgan fingerprint density at radius 2 is 2.08 bits per heavy atom. The quantitative estimate of drug-likeness (QED) is 0.602. The monoisotopic (exact) mass is 356 g/mol. The van der Waals surface area contributed by atoms with Gasteiger partial charge in [0.05, 0.1) is 11.4 Å². The average Bonchev–Trinajstić information content (AvgIpc) is 3.26. The number of fused-ring (bicyclic) bond motifs is 1. The molecule has 5 rings (SSSR count).